The molecule has 1 atom stereocenters. The van der Waals surface area contributed by atoms with Gasteiger partial charge in [-0.1, -0.05) is 38.1 Å². The van der Waals surface area contributed by atoms with Crippen molar-refractivity contribution in [3.63, 3.8) is 0 Å². The van der Waals surface area contributed by atoms with Crippen LogP contribution < -0.4 is 15.5 Å². The SMILES string of the molecule is CC(C)C(=O)Nc1cccc(NC(=O)c2ccoc2CN2c3ccccc3CC2C)c1. The third kappa shape index (κ3) is 4.48. The standard InChI is InChI=1S/C25H27N3O3/c1-16(2)24(29)26-19-8-6-9-20(14-19)27-25(30)21-11-12-31-23(21)15-28-17(3)13-18-7-4-5-10-22(18)28/h4-12,14,16-17H,13,15H2,1-3H3,(H,26,29)(H,27,30). The van der Waals surface area contributed by atoms with E-state index in [2.05, 4.69) is 40.7 Å². The Balaban J connectivity index is 1.48. The number of furan rings is 1. The lowest BCUT2D eigenvalue weighted by molar-refractivity contribution is -0.118. The summed E-state index contributed by atoms with van der Waals surface area (Å²) >= 11 is 0. The van der Waals surface area contributed by atoms with E-state index in [9.17, 15) is 9.59 Å². The monoisotopic (exact) mass is 417 g/mol. The summed E-state index contributed by atoms with van der Waals surface area (Å²) in [6.45, 7) is 6.38. The van der Waals surface area contributed by atoms with Gasteiger partial charge in [-0.15, -0.1) is 0 Å². The van der Waals surface area contributed by atoms with Crippen LogP contribution in [-0.2, 0) is 17.8 Å². The maximum absolute atomic E-state index is 13.0. The van der Waals surface area contributed by atoms with E-state index in [1.165, 1.54) is 11.3 Å². The average molecular weight is 418 g/mol. The molecule has 3 aromatic rings. The fourth-order valence-electron chi connectivity index (χ4n) is 3.85. The minimum Gasteiger partial charge on any atom is -0.467 e. The quantitative estimate of drug-likeness (QED) is 0.587. The van der Waals surface area contributed by atoms with Crippen molar-refractivity contribution in [2.75, 3.05) is 15.5 Å². The van der Waals surface area contributed by atoms with Gasteiger partial charge in [-0.3, -0.25) is 9.59 Å². The van der Waals surface area contributed by atoms with E-state index < -0.39 is 0 Å². The van der Waals surface area contributed by atoms with Crippen molar-refractivity contribution in [3.8, 4) is 0 Å². The van der Waals surface area contributed by atoms with Gasteiger partial charge in [0.25, 0.3) is 5.91 Å². The van der Waals surface area contributed by atoms with Gasteiger partial charge in [0, 0.05) is 29.0 Å². The van der Waals surface area contributed by atoms with Crippen LogP contribution in [-0.4, -0.2) is 17.9 Å². The Bertz CT molecular complexity index is 1100. The maximum atomic E-state index is 13.0. The summed E-state index contributed by atoms with van der Waals surface area (Å²) in [5.41, 5.74) is 4.26. The van der Waals surface area contributed by atoms with Crippen LogP contribution in [0.5, 0.6) is 0 Å². The van der Waals surface area contributed by atoms with E-state index in [1.807, 2.05) is 19.9 Å². The first-order valence-corrected chi connectivity index (χ1v) is 10.6. The lowest BCUT2D eigenvalue weighted by Crippen LogP contribution is -2.29. The van der Waals surface area contributed by atoms with Crippen LogP contribution >= 0.6 is 0 Å². The number of carbonyl (C=O) groups is 2. The molecule has 160 valence electrons. The Kier molecular flexibility index (Phi) is 5.80. The van der Waals surface area contributed by atoms with Crippen molar-refractivity contribution in [3.05, 3.63) is 77.7 Å². The summed E-state index contributed by atoms with van der Waals surface area (Å²) < 4.78 is 5.69. The van der Waals surface area contributed by atoms with Gasteiger partial charge in [0.15, 0.2) is 0 Å². The largest absolute Gasteiger partial charge is 0.467 e. The van der Waals surface area contributed by atoms with Gasteiger partial charge in [-0.2, -0.15) is 0 Å². The van der Waals surface area contributed by atoms with E-state index >= 15 is 0 Å². The number of benzene rings is 2. The molecule has 6 heteroatoms. The van der Waals surface area contributed by atoms with Gasteiger partial charge in [0.05, 0.1) is 18.4 Å². The zero-order valence-corrected chi connectivity index (χ0v) is 18.0. The van der Waals surface area contributed by atoms with Crippen molar-refractivity contribution in [2.24, 2.45) is 5.92 Å². The Morgan fingerprint density at radius 2 is 1.81 bits per heavy atom. The van der Waals surface area contributed by atoms with Gasteiger partial charge < -0.3 is 20.0 Å². The van der Waals surface area contributed by atoms with E-state index in [0.29, 0.717) is 35.3 Å². The topological polar surface area (TPSA) is 74.6 Å². The lowest BCUT2D eigenvalue weighted by atomic mass is 10.1. The summed E-state index contributed by atoms with van der Waals surface area (Å²) in [5.74, 6) is 0.201. The third-order valence-corrected chi connectivity index (χ3v) is 5.56. The number of amides is 2. The second kappa shape index (κ2) is 8.68. The molecule has 2 amide bonds. The van der Waals surface area contributed by atoms with E-state index in [0.717, 1.165) is 6.42 Å². The molecule has 0 spiro atoms. The Morgan fingerprint density at radius 1 is 1.06 bits per heavy atom. The van der Waals surface area contributed by atoms with Crippen LogP contribution in [0.3, 0.4) is 0 Å². The number of hydrogen-bond acceptors (Lipinski definition) is 4. The summed E-state index contributed by atoms with van der Waals surface area (Å²) in [7, 11) is 0. The first-order chi connectivity index (χ1) is 14.9. The smallest absolute Gasteiger partial charge is 0.259 e. The summed E-state index contributed by atoms with van der Waals surface area (Å²) in [6, 6.07) is 17.5. The predicted octanol–water partition coefficient (Wildman–Crippen LogP) is 5.08. The molecule has 0 fully saturated rings. The summed E-state index contributed by atoms with van der Waals surface area (Å²) in [6.07, 6.45) is 2.53. The molecule has 2 N–H and O–H groups in total. The number of rotatable bonds is 6. The molecule has 4 rings (SSSR count). The fraction of sp³-hybridized carbons (Fsp3) is 0.280. The Hall–Kier alpha value is -3.54. The molecule has 0 bridgehead atoms. The van der Waals surface area contributed by atoms with Crippen LogP contribution in [0.25, 0.3) is 0 Å². The van der Waals surface area contributed by atoms with Gasteiger partial charge in [0.1, 0.15) is 5.76 Å². The highest BCUT2D eigenvalue weighted by Gasteiger charge is 2.28. The van der Waals surface area contributed by atoms with Crippen molar-refractivity contribution in [1.29, 1.82) is 0 Å². The number of carbonyl (C=O) groups excluding carboxylic acids is 2. The molecule has 1 aliphatic heterocycles. The molecule has 1 aliphatic rings. The molecule has 31 heavy (non-hydrogen) atoms. The molecule has 0 saturated heterocycles. The van der Waals surface area contributed by atoms with Crippen LogP contribution in [0.15, 0.2) is 65.3 Å². The highest BCUT2D eigenvalue weighted by atomic mass is 16.3. The molecule has 1 aromatic heterocycles. The van der Waals surface area contributed by atoms with Crippen LogP contribution in [0.2, 0.25) is 0 Å². The van der Waals surface area contributed by atoms with Crippen molar-refractivity contribution >= 4 is 28.9 Å². The minimum absolute atomic E-state index is 0.0689. The average Bonchev–Trinajstić information content (AvgIpc) is 3.33. The number of para-hydroxylation sites is 1. The summed E-state index contributed by atoms with van der Waals surface area (Å²) in [5, 5.41) is 5.76. The molecular formula is C25H27N3O3. The lowest BCUT2D eigenvalue weighted by Gasteiger charge is -2.24. The highest BCUT2D eigenvalue weighted by Crippen LogP contribution is 2.33. The molecular weight excluding hydrogens is 390 g/mol. The fourth-order valence-corrected chi connectivity index (χ4v) is 3.85. The number of fused-ring (bicyclic) bond motifs is 1. The van der Waals surface area contributed by atoms with Gasteiger partial charge in [0.2, 0.25) is 5.91 Å². The van der Waals surface area contributed by atoms with E-state index in [4.69, 9.17) is 4.42 Å². The minimum atomic E-state index is -0.240. The molecule has 2 aromatic carbocycles. The number of nitrogens with zero attached hydrogens (tertiary/aromatic N) is 1. The normalized spacial score (nSPS) is 15.1. The molecule has 0 saturated carbocycles. The first kappa shape index (κ1) is 20.7. The zero-order valence-electron chi connectivity index (χ0n) is 18.0. The Morgan fingerprint density at radius 3 is 2.58 bits per heavy atom. The zero-order chi connectivity index (χ0) is 22.0. The number of anilines is 3. The van der Waals surface area contributed by atoms with Crippen LogP contribution in [0, 0.1) is 5.92 Å². The number of nitrogens with one attached hydrogen (secondary N) is 2. The molecule has 0 aliphatic carbocycles. The van der Waals surface area contributed by atoms with Crippen LogP contribution in [0.1, 0.15) is 42.5 Å². The van der Waals surface area contributed by atoms with E-state index in [-0.39, 0.29) is 17.7 Å². The second-order valence-electron chi connectivity index (χ2n) is 8.25. The molecule has 1 unspecified atom stereocenters. The molecule has 6 nitrogen and oxygen atoms in total. The summed E-state index contributed by atoms with van der Waals surface area (Å²) in [4.78, 5) is 27.2. The van der Waals surface area contributed by atoms with Gasteiger partial charge in [-0.05, 0) is 49.2 Å². The third-order valence-electron chi connectivity index (χ3n) is 5.56. The highest BCUT2D eigenvalue weighted by molar-refractivity contribution is 6.05. The van der Waals surface area contributed by atoms with Crippen molar-refractivity contribution < 1.29 is 14.0 Å². The number of hydrogen-bond donors (Lipinski definition) is 2. The maximum Gasteiger partial charge on any atom is 0.259 e. The van der Waals surface area contributed by atoms with Gasteiger partial charge in [-0.25, -0.2) is 0 Å². The first-order valence-electron chi connectivity index (χ1n) is 10.6. The van der Waals surface area contributed by atoms with Crippen molar-refractivity contribution in [2.45, 2.75) is 39.8 Å². The molecule has 2 heterocycles. The second-order valence-corrected chi connectivity index (χ2v) is 8.25. The van der Waals surface area contributed by atoms with Gasteiger partial charge >= 0.3 is 0 Å². The van der Waals surface area contributed by atoms with Crippen molar-refractivity contribution in [1.82, 2.24) is 0 Å². The Labute approximate surface area is 182 Å². The van der Waals surface area contributed by atoms with E-state index in [1.54, 1.807) is 36.6 Å². The predicted molar refractivity (Wildman–Crippen MR) is 122 cm³/mol. The molecule has 0 radical (unpaired) electrons. The van der Waals surface area contributed by atoms with Crippen LogP contribution in [0.4, 0.5) is 17.1 Å².